The molecule has 0 saturated heterocycles. The molecule has 0 fully saturated rings. The minimum atomic E-state index is 0.0160. The van der Waals surface area contributed by atoms with Crippen LogP contribution in [0.3, 0.4) is 0 Å². The van der Waals surface area contributed by atoms with Gasteiger partial charge in [0.15, 0.2) is 0 Å². The van der Waals surface area contributed by atoms with Gasteiger partial charge in [0.25, 0.3) is 0 Å². The smallest absolute Gasteiger partial charge is 0.211 e. The summed E-state index contributed by atoms with van der Waals surface area (Å²) in [6.07, 6.45) is 9.07. The van der Waals surface area contributed by atoms with Crippen molar-refractivity contribution < 1.29 is 0 Å². The molecule has 4 heteroatoms. The molecular formula is C9H20N4. The minimum Gasteiger partial charge on any atom is -0.369 e. The zero-order valence-corrected chi connectivity index (χ0v) is 8.37. The number of nitrogens with zero attached hydrogens (tertiary/aromatic N) is 2. The average molecular weight is 184 g/mol. The number of nitrogens with two attached hydrogens (primary N) is 2. The lowest BCUT2D eigenvalue weighted by atomic mass is 10.1. The Labute approximate surface area is 80.1 Å². The molecule has 0 radical (unpaired) electrons. The van der Waals surface area contributed by atoms with Crippen molar-refractivity contribution in [1.29, 1.82) is 0 Å². The standard InChI is InChI=1S/C9H20N4/c1-2-3-4-5-6-7-8-12-13-9(10)11/h8H,2-7H2,1H3,(H4,10,11,13). The molecule has 0 atom stereocenters. The predicted octanol–water partition coefficient (Wildman–Crippen LogP) is 1.61. The Kier molecular flexibility index (Phi) is 8.30. The van der Waals surface area contributed by atoms with Gasteiger partial charge in [-0.05, 0) is 12.8 Å². The highest BCUT2D eigenvalue weighted by atomic mass is 15.3. The molecule has 0 aliphatic rings. The molecule has 4 N–H and O–H groups in total. The third-order valence-electron chi connectivity index (χ3n) is 1.69. The number of guanidine groups is 1. The van der Waals surface area contributed by atoms with Crippen molar-refractivity contribution in [2.45, 2.75) is 45.4 Å². The first-order valence-electron chi connectivity index (χ1n) is 4.87. The van der Waals surface area contributed by atoms with Crippen molar-refractivity contribution in [2.75, 3.05) is 0 Å². The van der Waals surface area contributed by atoms with Crippen LogP contribution in [-0.4, -0.2) is 12.2 Å². The van der Waals surface area contributed by atoms with Gasteiger partial charge in [-0.25, -0.2) is 0 Å². The molecule has 0 amide bonds. The van der Waals surface area contributed by atoms with Crippen LogP contribution in [-0.2, 0) is 0 Å². The number of rotatable bonds is 7. The van der Waals surface area contributed by atoms with Crippen molar-refractivity contribution in [2.24, 2.45) is 21.7 Å². The fraction of sp³-hybridized carbons (Fsp3) is 0.778. The van der Waals surface area contributed by atoms with Crippen molar-refractivity contribution in [3.63, 3.8) is 0 Å². The maximum Gasteiger partial charge on any atom is 0.211 e. The highest BCUT2D eigenvalue weighted by Crippen LogP contribution is 2.03. The van der Waals surface area contributed by atoms with E-state index < -0.39 is 0 Å². The van der Waals surface area contributed by atoms with Gasteiger partial charge in [0.2, 0.25) is 5.96 Å². The summed E-state index contributed by atoms with van der Waals surface area (Å²) in [5.41, 5.74) is 10.2. The van der Waals surface area contributed by atoms with Crippen LogP contribution in [0.5, 0.6) is 0 Å². The van der Waals surface area contributed by atoms with E-state index >= 15 is 0 Å². The maximum atomic E-state index is 5.09. The SMILES string of the molecule is CCCCCCCC=NN=C(N)N. The lowest BCUT2D eigenvalue weighted by Crippen LogP contribution is -2.21. The topological polar surface area (TPSA) is 76.8 Å². The molecular weight excluding hydrogens is 164 g/mol. The third-order valence-corrected chi connectivity index (χ3v) is 1.69. The fourth-order valence-electron chi connectivity index (χ4n) is 1.00. The molecule has 0 aliphatic carbocycles. The lowest BCUT2D eigenvalue weighted by molar-refractivity contribution is 0.645. The summed E-state index contributed by atoms with van der Waals surface area (Å²) < 4.78 is 0. The van der Waals surface area contributed by atoms with Gasteiger partial charge in [-0.1, -0.05) is 32.6 Å². The van der Waals surface area contributed by atoms with Gasteiger partial charge in [0, 0.05) is 6.21 Å². The maximum absolute atomic E-state index is 5.09. The highest BCUT2D eigenvalue weighted by molar-refractivity contribution is 5.76. The summed E-state index contributed by atoms with van der Waals surface area (Å²) in [5, 5.41) is 7.20. The van der Waals surface area contributed by atoms with Crippen LogP contribution in [0.2, 0.25) is 0 Å². The van der Waals surface area contributed by atoms with Crippen LogP contribution < -0.4 is 11.5 Å². The summed E-state index contributed by atoms with van der Waals surface area (Å²) in [7, 11) is 0. The minimum absolute atomic E-state index is 0.0160. The van der Waals surface area contributed by atoms with Gasteiger partial charge < -0.3 is 11.5 Å². The number of hydrogen-bond donors (Lipinski definition) is 2. The third kappa shape index (κ3) is 10.9. The Morgan fingerprint density at radius 3 is 2.46 bits per heavy atom. The molecule has 0 aliphatic heterocycles. The predicted molar refractivity (Wildman–Crippen MR) is 57.7 cm³/mol. The molecule has 0 saturated carbocycles. The summed E-state index contributed by atoms with van der Waals surface area (Å²) in [6, 6.07) is 0. The van der Waals surface area contributed by atoms with Gasteiger partial charge in [0.05, 0.1) is 0 Å². The van der Waals surface area contributed by atoms with E-state index in [2.05, 4.69) is 17.1 Å². The largest absolute Gasteiger partial charge is 0.369 e. The molecule has 0 rings (SSSR count). The molecule has 0 unspecified atom stereocenters. The molecule has 0 aromatic carbocycles. The van der Waals surface area contributed by atoms with Crippen LogP contribution in [0.25, 0.3) is 0 Å². The van der Waals surface area contributed by atoms with Crippen molar-refractivity contribution in [3.8, 4) is 0 Å². The van der Waals surface area contributed by atoms with E-state index in [1.165, 1.54) is 32.1 Å². The summed E-state index contributed by atoms with van der Waals surface area (Å²) in [6.45, 7) is 2.21. The number of unbranched alkanes of at least 4 members (excludes halogenated alkanes) is 5. The second-order valence-corrected chi connectivity index (χ2v) is 3.03. The van der Waals surface area contributed by atoms with Crippen LogP contribution in [0.1, 0.15) is 45.4 Å². The zero-order valence-electron chi connectivity index (χ0n) is 8.37. The Morgan fingerprint density at radius 1 is 1.15 bits per heavy atom. The Balaban J connectivity index is 3.16. The first-order chi connectivity index (χ1) is 6.27. The molecule has 0 aromatic heterocycles. The molecule has 13 heavy (non-hydrogen) atoms. The van der Waals surface area contributed by atoms with Crippen LogP contribution in [0, 0.1) is 0 Å². The van der Waals surface area contributed by atoms with Crippen molar-refractivity contribution in [3.05, 3.63) is 0 Å². The van der Waals surface area contributed by atoms with E-state index in [1.807, 2.05) is 0 Å². The second-order valence-electron chi connectivity index (χ2n) is 3.03. The molecule has 76 valence electrons. The van der Waals surface area contributed by atoms with E-state index in [-0.39, 0.29) is 5.96 Å². The molecule has 4 nitrogen and oxygen atoms in total. The van der Waals surface area contributed by atoms with Gasteiger partial charge in [-0.15, -0.1) is 5.10 Å². The first kappa shape index (κ1) is 11.9. The average Bonchev–Trinajstić information content (AvgIpc) is 2.09. The van der Waals surface area contributed by atoms with E-state index in [0.717, 1.165) is 6.42 Å². The Hall–Kier alpha value is -1.06. The van der Waals surface area contributed by atoms with Crippen LogP contribution in [0.15, 0.2) is 10.2 Å². The molecule has 0 bridgehead atoms. The fourth-order valence-corrected chi connectivity index (χ4v) is 1.00. The molecule has 0 aromatic rings. The molecule has 0 spiro atoms. The van der Waals surface area contributed by atoms with Crippen molar-refractivity contribution >= 4 is 12.2 Å². The lowest BCUT2D eigenvalue weighted by Gasteiger charge is -1.94. The van der Waals surface area contributed by atoms with Gasteiger partial charge in [0.1, 0.15) is 0 Å². The summed E-state index contributed by atoms with van der Waals surface area (Å²) in [4.78, 5) is 0. The van der Waals surface area contributed by atoms with E-state index in [9.17, 15) is 0 Å². The molecule has 0 heterocycles. The van der Waals surface area contributed by atoms with Gasteiger partial charge >= 0.3 is 0 Å². The first-order valence-corrected chi connectivity index (χ1v) is 4.87. The second kappa shape index (κ2) is 9.03. The zero-order chi connectivity index (χ0) is 9.94. The number of hydrogen-bond acceptors (Lipinski definition) is 2. The Bertz CT molecular complexity index is 159. The normalized spacial score (nSPS) is 10.5. The van der Waals surface area contributed by atoms with Gasteiger partial charge in [-0.3, -0.25) is 0 Å². The van der Waals surface area contributed by atoms with E-state index in [4.69, 9.17) is 11.5 Å². The Morgan fingerprint density at radius 2 is 1.85 bits per heavy atom. The monoisotopic (exact) mass is 184 g/mol. The quantitative estimate of drug-likeness (QED) is 0.273. The van der Waals surface area contributed by atoms with E-state index in [0.29, 0.717) is 0 Å². The van der Waals surface area contributed by atoms with Gasteiger partial charge in [-0.2, -0.15) is 5.10 Å². The van der Waals surface area contributed by atoms with Crippen LogP contribution >= 0.6 is 0 Å². The summed E-state index contributed by atoms with van der Waals surface area (Å²) >= 11 is 0. The summed E-state index contributed by atoms with van der Waals surface area (Å²) in [5.74, 6) is 0.0160. The van der Waals surface area contributed by atoms with Crippen LogP contribution in [0.4, 0.5) is 0 Å². The van der Waals surface area contributed by atoms with Crippen molar-refractivity contribution in [1.82, 2.24) is 0 Å². The van der Waals surface area contributed by atoms with E-state index in [1.54, 1.807) is 6.21 Å². The highest BCUT2D eigenvalue weighted by Gasteiger charge is 1.86.